The molecule has 0 fully saturated rings. The van der Waals surface area contributed by atoms with Crippen LogP contribution in [-0.4, -0.2) is 16.1 Å². The van der Waals surface area contributed by atoms with Crippen LogP contribution < -0.4 is 5.32 Å². The minimum absolute atomic E-state index is 0.872. The third kappa shape index (κ3) is 4.57. The fraction of sp³-hybridized carbons (Fsp3) is 0.611. The lowest BCUT2D eigenvalue weighted by Gasteiger charge is -2.07. The first-order valence-electron chi connectivity index (χ1n) is 8.51. The molecule has 0 amide bonds. The van der Waals surface area contributed by atoms with Crippen molar-refractivity contribution >= 4 is 11.0 Å². The predicted octanol–water partition coefficient (Wildman–Crippen LogP) is 4.51. The topological polar surface area (TPSA) is 29.9 Å². The number of hydrogen-bond acceptors (Lipinski definition) is 2. The Bertz CT molecular complexity index is 530. The standard InChI is InChI=1S/C18H29N3/c1-3-5-6-7-8-11-14-19-15-18-20-16-12-9-10-13-17(16)21(18)4-2/h9-10,12-13,19H,3-8,11,14-15H2,1-2H3. The van der Waals surface area contributed by atoms with Gasteiger partial charge in [0.15, 0.2) is 0 Å². The van der Waals surface area contributed by atoms with Gasteiger partial charge < -0.3 is 9.88 Å². The zero-order valence-corrected chi connectivity index (χ0v) is 13.6. The number of para-hydroxylation sites is 2. The zero-order valence-electron chi connectivity index (χ0n) is 13.6. The van der Waals surface area contributed by atoms with Gasteiger partial charge in [0.25, 0.3) is 0 Å². The van der Waals surface area contributed by atoms with Crippen LogP contribution in [0.2, 0.25) is 0 Å². The lowest BCUT2D eigenvalue weighted by atomic mass is 10.1. The fourth-order valence-electron chi connectivity index (χ4n) is 2.84. The minimum Gasteiger partial charge on any atom is -0.327 e. The Morgan fingerprint density at radius 3 is 2.57 bits per heavy atom. The summed E-state index contributed by atoms with van der Waals surface area (Å²) in [7, 11) is 0. The molecule has 0 saturated carbocycles. The summed E-state index contributed by atoms with van der Waals surface area (Å²) in [6, 6.07) is 8.40. The van der Waals surface area contributed by atoms with Crippen molar-refractivity contribution in [1.82, 2.24) is 14.9 Å². The van der Waals surface area contributed by atoms with E-state index in [0.29, 0.717) is 0 Å². The molecule has 1 N–H and O–H groups in total. The summed E-state index contributed by atoms with van der Waals surface area (Å²) in [5, 5.41) is 3.54. The SMILES string of the molecule is CCCCCCCCNCc1nc2ccccc2n1CC. The van der Waals surface area contributed by atoms with Crippen molar-refractivity contribution in [3.63, 3.8) is 0 Å². The predicted molar refractivity (Wildman–Crippen MR) is 90.5 cm³/mol. The molecule has 1 aromatic heterocycles. The number of nitrogens with zero attached hydrogens (tertiary/aromatic N) is 2. The lowest BCUT2D eigenvalue weighted by Crippen LogP contribution is -2.18. The van der Waals surface area contributed by atoms with Crippen molar-refractivity contribution < 1.29 is 0 Å². The van der Waals surface area contributed by atoms with Crippen LogP contribution in [0.3, 0.4) is 0 Å². The number of imidazole rings is 1. The molecule has 1 heterocycles. The molecule has 0 aliphatic heterocycles. The molecule has 0 aliphatic carbocycles. The number of unbranched alkanes of at least 4 members (excludes halogenated alkanes) is 5. The molecular formula is C18H29N3. The third-order valence-corrected chi connectivity index (χ3v) is 4.04. The Morgan fingerprint density at radius 1 is 1.00 bits per heavy atom. The van der Waals surface area contributed by atoms with E-state index in [2.05, 4.69) is 48.0 Å². The quantitative estimate of drug-likeness (QED) is 0.652. The van der Waals surface area contributed by atoms with Crippen LogP contribution in [0, 0.1) is 0 Å². The summed E-state index contributed by atoms with van der Waals surface area (Å²) in [6.45, 7) is 7.40. The third-order valence-electron chi connectivity index (χ3n) is 4.04. The second kappa shape index (κ2) is 8.83. The summed E-state index contributed by atoms with van der Waals surface area (Å²) in [4.78, 5) is 4.74. The molecule has 0 spiro atoms. The first-order valence-corrected chi connectivity index (χ1v) is 8.51. The van der Waals surface area contributed by atoms with E-state index >= 15 is 0 Å². The molecule has 0 radical (unpaired) electrons. The Labute approximate surface area is 128 Å². The summed E-state index contributed by atoms with van der Waals surface area (Å²) >= 11 is 0. The summed E-state index contributed by atoms with van der Waals surface area (Å²) in [6.07, 6.45) is 8.10. The van der Waals surface area contributed by atoms with E-state index in [-0.39, 0.29) is 0 Å². The van der Waals surface area contributed by atoms with Crippen molar-refractivity contribution in [3.8, 4) is 0 Å². The van der Waals surface area contributed by atoms with Gasteiger partial charge in [-0.25, -0.2) is 4.98 Å². The summed E-state index contributed by atoms with van der Waals surface area (Å²) < 4.78 is 2.31. The van der Waals surface area contributed by atoms with Gasteiger partial charge in [-0.05, 0) is 32.0 Å². The van der Waals surface area contributed by atoms with Gasteiger partial charge in [0.1, 0.15) is 5.82 Å². The number of nitrogens with one attached hydrogen (secondary N) is 1. The Hall–Kier alpha value is -1.35. The largest absolute Gasteiger partial charge is 0.327 e. The maximum absolute atomic E-state index is 4.74. The molecule has 2 rings (SSSR count). The molecular weight excluding hydrogens is 258 g/mol. The smallest absolute Gasteiger partial charge is 0.123 e. The van der Waals surface area contributed by atoms with Gasteiger partial charge in [-0.15, -0.1) is 0 Å². The molecule has 0 aliphatic rings. The molecule has 3 heteroatoms. The Balaban J connectivity index is 1.76. The highest BCUT2D eigenvalue weighted by Crippen LogP contribution is 2.15. The minimum atomic E-state index is 0.872. The molecule has 2 aromatic rings. The average molecular weight is 287 g/mol. The maximum atomic E-state index is 4.74. The molecule has 0 bridgehead atoms. The lowest BCUT2D eigenvalue weighted by molar-refractivity contribution is 0.557. The number of benzene rings is 1. The number of aromatic nitrogens is 2. The number of fused-ring (bicyclic) bond motifs is 1. The molecule has 0 unspecified atom stereocenters. The van der Waals surface area contributed by atoms with Crippen LogP contribution in [0.15, 0.2) is 24.3 Å². The average Bonchev–Trinajstić information content (AvgIpc) is 2.87. The maximum Gasteiger partial charge on any atom is 0.123 e. The molecule has 0 atom stereocenters. The van der Waals surface area contributed by atoms with Gasteiger partial charge in [-0.1, -0.05) is 51.2 Å². The second-order valence-electron chi connectivity index (χ2n) is 5.71. The van der Waals surface area contributed by atoms with E-state index in [4.69, 9.17) is 4.98 Å². The monoisotopic (exact) mass is 287 g/mol. The number of hydrogen-bond donors (Lipinski definition) is 1. The van der Waals surface area contributed by atoms with Crippen LogP contribution in [0.5, 0.6) is 0 Å². The summed E-state index contributed by atoms with van der Waals surface area (Å²) in [5.41, 5.74) is 2.35. The molecule has 3 nitrogen and oxygen atoms in total. The Kier molecular flexibility index (Phi) is 6.74. The van der Waals surface area contributed by atoms with Gasteiger partial charge in [0, 0.05) is 6.54 Å². The normalized spacial score (nSPS) is 11.3. The van der Waals surface area contributed by atoms with Crippen LogP contribution in [0.1, 0.15) is 58.2 Å². The van der Waals surface area contributed by atoms with Crippen molar-refractivity contribution in [1.29, 1.82) is 0 Å². The highest BCUT2D eigenvalue weighted by atomic mass is 15.1. The van der Waals surface area contributed by atoms with Crippen molar-refractivity contribution in [3.05, 3.63) is 30.1 Å². The van der Waals surface area contributed by atoms with Gasteiger partial charge in [0.05, 0.1) is 17.6 Å². The highest BCUT2D eigenvalue weighted by Gasteiger charge is 2.07. The van der Waals surface area contributed by atoms with Crippen LogP contribution in [0.25, 0.3) is 11.0 Å². The zero-order chi connectivity index (χ0) is 14.9. The van der Waals surface area contributed by atoms with Crippen molar-refractivity contribution in [2.75, 3.05) is 6.54 Å². The van der Waals surface area contributed by atoms with Crippen molar-refractivity contribution in [2.24, 2.45) is 0 Å². The first kappa shape index (κ1) is 16.0. The Morgan fingerprint density at radius 2 is 1.76 bits per heavy atom. The van der Waals surface area contributed by atoms with Crippen LogP contribution in [-0.2, 0) is 13.1 Å². The number of rotatable bonds is 10. The first-order chi connectivity index (χ1) is 10.4. The molecule has 116 valence electrons. The van der Waals surface area contributed by atoms with E-state index in [1.807, 2.05) is 0 Å². The van der Waals surface area contributed by atoms with Crippen LogP contribution >= 0.6 is 0 Å². The van der Waals surface area contributed by atoms with Gasteiger partial charge in [-0.3, -0.25) is 0 Å². The second-order valence-corrected chi connectivity index (χ2v) is 5.71. The van der Waals surface area contributed by atoms with Crippen molar-refractivity contribution in [2.45, 2.75) is 65.5 Å². The van der Waals surface area contributed by atoms with E-state index in [0.717, 1.165) is 31.0 Å². The highest BCUT2D eigenvalue weighted by molar-refractivity contribution is 5.75. The van der Waals surface area contributed by atoms with E-state index in [1.54, 1.807) is 0 Å². The number of aryl methyl sites for hydroxylation is 1. The fourth-order valence-corrected chi connectivity index (χ4v) is 2.84. The van der Waals surface area contributed by atoms with E-state index in [9.17, 15) is 0 Å². The molecule has 1 aromatic carbocycles. The van der Waals surface area contributed by atoms with Gasteiger partial charge in [0.2, 0.25) is 0 Å². The molecule has 21 heavy (non-hydrogen) atoms. The van der Waals surface area contributed by atoms with Gasteiger partial charge >= 0.3 is 0 Å². The van der Waals surface area contributed by atoms with Gasteiger partial charge in [-0.2, -0.15) is 0 Å². The molecule has 0 saturated heterocycles. The van der Waals surface area contributed by atoms with E-state index in [1.165, 1.54) is 44.0 Å². The summed E-state index contributed by atoms with van der Waals surface area (Å²) in [5.74, 6) is 1.16. The van der Waals surface area contributed by atoms with E-state index < -0.39 is 0 Å². The van der Waals surface area contributed by atoms with Crippen LogP contribution in [0.4, 0.5) is 0 Å².